The third-order valence-electron chi connectivity index (χ3n) is 3.79. The molecule has 5 nitrogen and oxygen atoms in total. The molecule has 0 aliphatic carbocycles. The highest BCUT2D eigenvalue weighted by Gasteiger charge is 2.27. The van der Waals surface area contributed by atoms with E-state index in [2.05, 4.69) is 5.32 Å². The van der Waals surface area contributed by atoms with Crippen LogP contribution in [0.15, 0.2) is 59.5 Å². The minimum atomic E-state index is -3.85. The lowest BCUT2D eigenvalue weighted by molar-refractivity contribution is -0.121. The Morgan fingerprint density at radius 1 is 1.04 bits per heavy atom. The van der Waals surface area contributed by atoms with Crippen molar-refractivity contribution in [3.63, 3.8) is 0 Å². The maximum Gasteiger partial charge on any atom is 0.243 e. The van der Waals surface area contributed by atoms with Gasteiger partial charge in [-0.1, -0.05) is 62.7 Å². The molecule has 0 bridgehead atoms. The van der Waals surface area contributed by atoms with Gasteiger partial charge < -0.3 is 5.32 Å². The van der Waals surface area contributed by atoms with Crippen molar-refractivity contribution in [2.45, 2.75) is 32.2 Å². The number of halogens is 1. The molecule has 0 radical (unpaired) electrons. The Bertz CT molecular complexity index is 860. The van der Waals surface area contributed by atoms with Crippen molar-refractivity contribution >= 4 is 27.5 Å². The van der Waals surface area contributed by atoms with Crippen LogP contribution in [0.1, 0.15) is 26.3 Å². The Morgan fingerprint density at radius 3 is 2.19 bits per heavy atom. The fourth-order valence-electron chi connectivity index (χ4n) is 2.35. The average Bonchev–Trinajstić information content (AvgIpc) is 2.60. The maximum atomic E-state index is 13.1. The van der Waals surface area contributed by atoms with Crippen molar-refractivity contribution in [2.75, 3.05) is 13.1 Å². The number of hydrogen-bond acceptors (Lipinski definition) is 3. The van der Waals surface area contributed by atoms with E-state index in [4.69, 9.17) is 11.6 Å². The number of carbonyl (C=O) groups excluding carboxylic acids is 1. The summed E-state index contributed by atoms with van der Waals surface area (Å²) in [5.41, 5.74) is 0.716. The van der Waals surface area contributed by atoms with E-state index in [1.54, 1.807) is 0 Å². The lowest BCUT2D eigenvalue weighted by Crippen LogP contribution is -2.42. The molecular weight excluding hydrogens is 384 g/mol. The highest BCUT2D eigenvalue weighted by molar-refractivity contribution is 7.89. The highest BCUT2D eigenvalue weighted by atomic mass is 35.5. The van der Waals surface area contributed by atoms with Crippen molar-refractivity contribution in [1.82, 2.24) is 9.62 Å². The number of amides is 1. The van der Waals surface area contributed by atoms with Gasteiger partial charge in [-0.05, 0) is 35.2 Å². The van der Waals surface area contributed by atoms with Crippen LogP contribution >= 0.6 is 11.6 Å². The van der Waals surface area contributed by atoms with Gasteiger partial charge in [-0.2, -0.15) is 4.31 Å². The monoisotopic (exact) mass is 408 g/mol. The molecule has 0 unspecified atom stereocenters. The summed E-state index contributed by atoms with van der Waals surface area (Å²) < 4.78 is 27.4. The number of benzene rings is 2. The van der Waals surface area contributed by atoms with Gasteiger partial charge in [-0.25, -0.2) is 8.42 Å². The first kappa shape index (κ1) is 21.4. The molecule has 2 aromatic carbocycles. The molecule has 1 amide bonds. The zero-order valence-electron chi connectivity index (χ0n) is 15.8. The molecule has 0 atom stereocenters. The smallest absolute Gasteiger partial charge is 0.243 e. The predicted octanol–water partition coefficient (Wildman–Crippen LogP) is 3.69. The van der Waals surface area contributed by atoms with Gasteiger partial charge in [0.2, 0.25) is 15.9 Å². The van der Waals surface area contributed by atoms with Crippen molar-refractivity contribution in [3.8, 4) is 0 Å². The topological polar surface area (TPSA) is 66.5 Å². The Balaban J connectivity index is 2.26. The fraction of sp³-hybridized carbons (Fsp3) is 0.350. The number of sulfonamides is 1. The van der Waals surface area contributed by atoms with Crippen molar-refractivity contribution in [2.24, 2.45) is 5.41 Å². The van der Waals surface area contributed by atoms with E-state index in [1.807, 2.05) is 51.1 Å². The van der Waals surface area contributed by atoms with Crippen LogP contribution in [0.5, 0.6) is 0 Å². The van der Waals surface area contributed by atoms with E-state index in [1.165, 1.54) is 28.6 Å². The normalized spacial score (nSPS) is 12.2. The molecular formula is C20H25ClN2O3S. The fourth-order valence-corrected chi connectivity index (χ4v) is 3.86. The average molecular weight is 409 g/mol. The number of hydrogen-bond donors (Lipinski definition) is 1. The van der Waals surface area contributed by atoms with Gasteiger partial charge in [-0.3, -0.25) is 4.79 Å². The minimum Gasteiger partial charge on any atom is -0.354 e. The van der Waals surface area contributed by atoms with E-state index in [-0.39, 0.29) is 29.3 Å². The first-order valence-corrected chi connectivity index (χ1v) is 10.5. The zero-order valence-corrected chi connectivity index (χ0v) is 17.3. The molecule has 0 saturated heterocycles. The molecule has 7 heteroatoms. The molecule has 27 heavy (non-hydrogen) atoms. The van der Waals surface area contributed by atoms with Crippen LogP contribution in [-0.4, -0.2) is 31.7 Å². The van der Waals surface area contributed by atoms with Crippen LogP contribution in [0.4, 0.5) is 0 Å². The summed E-state index contributed by atoms with van der Waals surface area (Å²) in [5.74, 6) is -0.335. The summed E-state index contributed by atoms with van der Waals surface area (Å²) in [6, 6.07) is 15.1. The van der Waals surface area contributed by atoms with Crippen molar-refractivity contribution < 1.29 is 13.2 Å². The molecule has 2 rings (SSSR count). The number of carbonyl (C=O) groups is 1. The molecule has 0 saturated carbocycles. The summed E-state index contributed by atoms with van der Waals surface area (Å²) in [7, 11) is -3.85. The molecule has 0 heterocycles. The molecule has 2 aromatic rings. The number of nitrogens with one attached hydrogen (secondary N) is 1. The van der Waals surface area contributed by atoms with Gasteiger partial charge in [-0.15, -0.1) is 0 Å². The lowest BCUT2D eigenvalue weighted by Gasteiger charge is -2.24. The second-order valence-electron chi connectivity index (χ2n) is 7.55. The predicted molar refractivity (Wildman–Crippen MR) is 108 cm³/mol. The quantitative estimate of drug-likeness (QED) is 0.759. The van der Waals surface area contributed by atoms with E-state index < -0.39 is 10.0 Å². The third-order valence-corrected chi connectivity index (χ3v) is 5.85. The summed E-state index contributed by atoms with van der Waals surface area (Å²) in [4.78, 5) is 12.5. The van der Waals surface area contributed by atoms with Crippen LogP contribution in [0.25, 0.3) is 0 Å². The van der Waals surface area contributed by atoms with E-state index in [9.17, 15) is 13.2 Å². The summed E-state index contributed by atoms with van der Waals surface area (Å²) in [5, 5.41) is 3.26. The van der Waals surface area contributed by atoms with Crippen LogP contribution < -0.4 is 5.32 Å². The first-order chi connectivity index (χ1) is 12.6. The van der Waals surface area contributed by atoms with Crippen LogP contribution in [-0.2, 0) is 21.4 Å². The summed E-state index contributed by atoms with van der Waals surface area (Å²) >= 11 is 5.87. The highest BCUT2D eigenvalue weighted by Crippen LogP contribution is 2.20. The lowest BCUT2D eigenvalue weighted by atomic mass is 9.97. The van der Waals surface area contributed by atoms with Gasteiger partial charge >= 0.3 is 0 Å². The van der Waals surface area contributed by atoms with Gasteiger partial charge in [0, 0.05) is 18.1 Å². The van der Waals surface area contributed by atoms with Gasteiger partial charge in [0.1, 0.15) is 0 Å². The van der Waals surface area contributed by atoms with E-state index in [0.29, 0.717) is 11.6 Å². The Hall–Kier alpha value is -1.89. The van der Waals surface area contributed by atoms with Crippen molar-refractivity contribution in [3.05, 3.63) is 65.2 Å². The SMILES string of the molecule is CC(C)(C)CNC(=O)CN(Cc1ccccc1)S(=O)(=O)c1ccc(Cl)cc1. The minimum absolute atomic E-state index is 0.0883. The van der Waals surface area contributed by atoms with E-state index in [0.717, 1.165) is 5.56 Å². The Morgan fingerprint density at radius 2 is 1.63 bits per heavy atom. The molecule has 0 fully saturated rings. The zero-order chi connectivity index (χ0) is 20.1. The second-order valence-corrected chi connectivity index (χ2v) is 9.92. The van der Waals surface area contributed by atoms with Crippen molar-refractivity contribution in [1.29, 1.82) is 0 Å². The van der Waals surface area contributed by atoms with Crippen LogP contribution in [0.2, 0.25) is 5.02 Å². The van der Waals surface area contributed by atoms with E-state index >= 15 is 0 Å². The van der Waals surface area contributed by atoms with Crippen LogP contribution in [0.3, 0.4) is 0 Å². The molecule has 1 N–H and O–H groups in total. The summed E-state index contributed by atoms with van der Waals surface area (Å²) in [6.07, 6.45) is 0. The molecule has 0 aliphatic heterocycles. The Labute approximate surface area is 166 Å². The first-order valence-electron chi connectivity index (χ1n) is 8.64. The maximum absolute atomic E-state index is 13.1. The standard InChI is InChI=1S/C20H25ClN2O3S/c1-20(2,3)15-22-19(24)14-23(13-16-7-5-4-6-8-16)27(25,26)18-11-9-17(21)10-12-18/h4-12H,13-15H2,1-3H3,(H,22,24). The van der Waals surface area contributed by atoms with Gasteiger partial charge in [0.15, 0.2) is 0 Å². The molecule has 0 spiro atoms. The van der Waals surface area contributed by atoms with Gasteiger partial charge in [0.25, 0.3) is 0 Å². The molecule has 0 aromatic heterocycles. The summed E-state index contributed by atoms with van der Waals surface area (Å²) in [6.45, 7) is 6.31. The molecule has 146 valence electrons. The molecule has 0 aliphatic rings. The van der Waals surface area contributed by atoms with Gasteiger partial charge in [0.05, 0.1) is 11.4 Å². The number of nitrogens with zero attached hydrogens (tertiary/aromatic N) is 1. The third kappa shape index (κ3) is 6.65. The second kappa shape index (κ2) is 8.87. The van der Waals surface area contributed by atoms with Crippen LogP contribution in [0, 0.1) is 5.41 Å². The largest absolute Gasteiger partial charge is 0.354 e. The Kier molecular flexibility index (Phi) is 7.03. The number of rotatable bonds is 7.